The van der Waals surface area contributed by atoms with Gasteiger partial charge in [-0.25, -0.2) is 0 Å². The molecular formula is C26H36N4O2. The van der Waals surface area contributed by atoms with E-state index in [1.54, 1.807) is 0 Å². The van der Waals surface area contributed by atoms with E-state index in [0.717, 1.165) is 74.4 Å². The predicted octanol–water partition coefficient (Wildman–Crippen LogP) is 2.86. The largest absolute Gasteiger partial charge is 0.352 e. The number of benzene rings is 2. The van der Waals surface area contributed by atoms with Gasteiger partial charge in [-0.15, -0.1) is 0 Å². The number of nitrogens with one attached hydrogen (secondary N) is 2. The molecule has 2 amide bonds. The third-order valence-electron chi connectivity index (χ3n) is 5.90. The van der Waals surface area contributed by atoms with E-state index in [1.165, 1.54) is 0 Å². The van der Waals surface area contributed by atoms with E-state index >= 15 is 0 Å². The highest BCUT2D eigenvalue weighted by Gasteiger charge is 2.16. The second-order valence-corrected chi connectivity index (χ2v) is 8.64. The van der Waals surface area contributed by atoms with Crippen LogP contribution in [0.15, 0.2) is 48.5 Å². The molecule has 0 unspecified atom stereocenters. The minimum atomic E-state index is 0.00742. The molecule has 0 saturated carbocycles. The molecule has 6 heteroatoms. The molecule has 172 valence electrons. The predicted molar refractivity (Wildman–Crippen MR) is 129 cm³/mol. The van der Waals surface area contributed by atoms with Crippen LogP contribution in [0.3, 0.4) is 0 Å². The van der Waals surface area contributed by atoms with Gasteiger partial charge in [0.15, 0.2) is 0 Å². The molecule has 0 atom stereocenters. The molecule has 0 aromatic heterocycles. The van der Waals surface area contributed by atoms with E-state index in [1.807, 2.05) is 62.4 Å². The van der Waals surface area contributed by atoms with Crippen LogP contribution in [-0.2, 0) is 0 Å². The van der Waals surface area contributed by atoms with Crippen LogP contribution < -0.4 is 10.6 Å². The second kappa shape index (κ2) is 12.4. The number of nitrogens with zero attached hydrogens (tertiary/aromatic N) is 2. The minimum Gasteiger partial charge on any atom is -0.352 e. The number of piperazine rings is 1. The van der Waals surface area contributed by atoms with Crippen molar-refractivity contribution in [2.45, 2.75) is 26.7 Å². The lowest BCUT2D eigenvalue weighted by Crippen LogP contribution is -2.47. The third kappa shape index (κ3) is 7.77. The Morgan fingerprint density at radius 3 is 1.50 bits per heavy atom. The maximum atomic E-state index is 12.2. The quantitative estimate of drug-likeness (QED) is 0.562. The van der Waals surface area contributed by atoms with Crippen molar-refractivity contribution in [1.82, 2.24) is 20.4 Å². The first-order valence-corrected chi connectivity index (χ1v) is 11.7. The first kappa shape index (κ1) is 24.0. The van der Waals surface area contributed by atoms with Crippen molar-refractivity contribution < 1.29 is 9.59 Å². The lowest BCUT2D eigenvalue weighted by molar-refractivity contribution is 0.0934. The summed E-state index contributed by atoms with van der Waals surface area (Å²) < 4.78 is 0. The van der Waals surface area contributed by atoms with Crippen molar-refractivity contribution in [3.63, 3.8) is 0 Å². The van der Waals surface area contributed by atoms with Crippen molar-refractivity contribution in [1.29, 1.82) is 0 Å². The molecule has 1 aliphatic rings. The fraction of sp³-hybridized carbons (Fsp3) is 0.462. The third-order valence-corrected chi connectivity index (χ3v) is 5.90. The monoisotopic (exact) mass is 436 g/mol. The van der Waals surface area contributed by atoms with Gasteiger partial charge in [-0.05, 0) is 64.0 Å². The molecule has 1 saturated heterocycles. The molecular weight excluding hydrogens is 400 g/mol. The number of hydrogen-bond acceptors (Lipinski definition) is 4. The van der Waals surface area contributed by atoms with Crippen molar-refractivity contribution in [3.05, 3.63) is 70.8 Å². The average molecular weight is 437 g/mol. The molecule has 0 bridgehead atoms. The zero-order valence-electron chi connectivity index (χ0n) is 19.4. The van der Waals surface area contributed by atoms with Crippen LogP contribution in [0.4, 0.5) is 0 Å². The number of rotatable bonds is 10. The van der Waals surface area contributed by atoms with Crippen LogP contribution in [-0.4, -0.2) is 74.0 Å². The summed E-state index contributed by atoms with van der Waals surface area (Å²) in [6.45, 7) is 11.6. The Morgan fingerprint density at radius 1 is 0.719 bits per heavy atom. The Kier molecular flexibility index (Phi) is 9.26. The molecule has 32 heavy (non-hydrogen) atoms. The highest BCUT2D eigenvalue weighted by Crippen LogP contribution is 2.06. The SMILES string of the molecule is Cc1cccc(C(=O)NCCCN2CCN(CCCNC(=O)c3cccc(C)c3)CC2)c1. The molecule has 1 heterocycles. The van der Waals surface area contributed by atoms with Gasteiger partial charge in [-0.3, -0.25) is 9.59 Å². The Bertz CT molecular complexity index is 817. The molecule has 0 radical (unpaired) electrons. The van der Waals surface area contributed by atoms with E-state index in [-0.39, 0.29) is 11.8 Å². The summed E-state index contributed by atoms with van der Waals surface area (Å²) in [5.74, 6) is 0.0148. The fourth-order valence-corrected chi connectivity index (χ4v) is 4.02. The van der Waals surface area contributed by atoms with E-state index in [4.69, 9.17) is 0 Å². The molecule has 2 aromatic rings. The van der Waals surface area contributed by atoms with Crippen LogP contribution in [0.1, 0.15) is 44.7 Å². The van der Waals surface area contributed by atoms with E-state index in [0.29, 0.717) is 13.1 Å². The van der Waals surface area contributed by atoms with Crippen LogP contribution in [0, 0.1) is 13.8 Å². The van der Waals surface area contributed by atoms with Gasteiger partial charge in [0.1, 0.15) is 0 Å². The van der Waals surface area contributed by atoms with E-state index < -0.39 is 0 Å². The molecule has 1 fully saturated rings. The lowest BCUT2D eigenvalue weighted by Gasteiger charge is -2.34. The van der Waals surface area contributed by atoms with Crippen molar-refractivity contribution >= 4 is 11.8 Å². The van der Waals surface area contributed by atoms with Crippen molar-refractivity contribution in [3.8, 4) is 0 Å². The second-order valence-electron chi connectivity index (χ2n) is 8.64. The minimum absolute atomic E-state index is 0.00742. The topological polar surface area (TPSA) is 64.7 Å². The van der Waals surface area contributed by atoms with Crippen molar-refractivity contribution in [2.24, 2.45) is 0 Å². The summed E-state index contributed by atoms with van der Waals surface area (Å²) in [6, 6.07) is 15.4. The van der Waals surface area contributed by atoms with Crippen molar-refractivity contribution in [2.75, 3.05) is 52.4 Å². The maximum Gasteiger partial charge on any atom is 0.251 e. The number of carbonyl (C=O) groups excluding carboxylic acids is 2. The van der Waals surface area contributed by atoms with Gasteiger partial charge in [-0.2, -0.15) is 0 Å². The average Bonchev–Trinajstić information content (AvgIpc) is 2.80. The summed E-state index contributed by atoms with van der Waals surface area (Å²) in [4.78, 5) is 29.3. The summed E-state index contributed by atoms with van der Waals surface area (Å²) >= 11 is 0. The number of hydrogen-bond donors (Lipinski definition) is 2. The highest BCUT2D eigenvalue weighted by molar-refractivity contribution is 5.94. The van der Waals surface area contributed by atoms with Gasteiger partial charge in [0.25, 0.3) is 11.8 Å². The summed E-state index contributed by atoms with van der Waals surface area (Å²) in [6.07, 6.45) is 1.92. The number of aryl methyl sites for hydroxylation is 2. The standard InChI is InChI=1S/C26H36N4O2/c1-21-7-3-9-23(19-21)25(31)27-11-5-13-29-15-17-30(18-16-29)14-6-12-28-26(32)24-10-4-8-22(2)20-24/h3-4,7-10,19-20H,5-6,11-18H2,1-2H3,(H,27,31)(H,28,32). The maximum absolute atomic E-state index is 12.2. The number of carbonyl (C=O) groups is 2. The molecule has 1 aliphatic heterocycles. The van der Waals surface area contributed by atoms with Gasteiger partial charge in [0.2, 0.25) is 0 Å². The van der Waals surface area contributed by atoms with Gasteiger partial charge < -0.3 is 20.4 Å². The molecule has 0 aliphatic carbocycles. The number of amides is 2. The molecule has 2 aromatic carbocycles. The van der Waals surface area contributed by atoms with Crippen LogP contribution in [0.2, 0.25) is 0 Å². The van der Waals surface area contributed by atoms with Gasteiger partial charge >= 0.3 is 0 Å². The lowest BCUT2D eigenvalue weighted by atomic mass is 10.1. The highest BCUT2D eigenvalue weighted by atomic mass is 16.2. The Balaban J connectivity index is 1.23. The van der Waals surface area contributed by atoms with E-state index in [2.05, 4.69) is 20.4 Å². The normalized spacial score (nSPS) is 14.8. The van der Waals surface area contributed by atoms with Gasteiger partial charge in [0.05, 0.1) is 0 Å². The first-order valence-electron chi connectivity index (χ1n) is 11.7. The fourth-order valence-electron chi connectivity index (χ4n) is 4.02. The summed E-state index contributed by atoms with van der Waals surface area (Å²) in [5.41, 5.74) is 3.66. The molecule has 0 spiro atoms. The zero-order valence-corrected chi connectivity index (χ0v) is 19.4. The van der Waals surface area contributed by atoms with Crippen LogP contribution >= 0.6 is 0 Å². The molecule has 6 nitrogen and oxygen atoms in total. The first-order chi connectivity index (χ1) is 15.5. The zero-order chi connectivity index (χ0) is 22.8. The Labute approximate surface area is 192 Å². The smallest absolute Gasteiger partial charge is 0.251 e. The van der Waals surface area contributed by atoms with Crippen LogP contribution in [0.5, 0.6) is 0 Å². The molecule has 3 rings (SSSR count). The van der Waals surface area contributed by atoms with Gasteiger partial charge in [-0.1, -0.05) is 35.4 Å². The summed E-state index contributed by atoms with van der Waals surface area (Å²) in [5, 5.41) is 6.04. The summed E-state index contributed by atoms with van der Waals surface area (Å²) in [7, 11) is 0. The van der Waals surface area contributed by atoms with Crippen LogP contribution in [0.25, 0.3) is 0 Å². The van der Waals surface area contributed by atoms with E-state index in [9.17, 15) is 9.59 Å². The molecule has 2 N–H and O–H groups in total. The Hall–Kier alpha value is -2.70. The Morgan fingerprint density at radius 2 is 1.12 bits per heavy atom. The van der Waals surface area contributed by atoms with Gasteiger partial charge in [0, 0.05) is 50.4 Å².